The first-order valence-electron chi connectivity index (χ1n) is 2.88. The summed E-state index contributed by atoms with van der Waals surface area (Å²) in [6.45, 7) is 0. The van der Waals surface area contributed by atoms with Crippen molar-refractivity contribution in [2.75, 3.05) is 0 Å². The lowest BCUT2D eigenvalue weighted by molar-refractivity contribution is 0.0696. The second-order valence-corrected chi connectivity index (χ2v) is 1.89. The summed E-state index contributed by atoms with van der Waals surface area (Å²) in [5.41, 5.74) is 0.201. The molecule has 4 heteroatoms. The van der Waals surface area contributed by atoms with Crippen LogP contribution in [0.1, 0.15) is 20.8 Å². The van der Waals surface area contributed by atoms with E-state index in [0.717, 1.165) is 0 Å². The predicted octanol–water partition coefficient (Wildman–Crippen LogP) is 0.592. The number of carboxylic acid groups (broad SMARTS) is 1. The molecule has 0 bridgehead atoms. The molecule has 0 aliphatic heterocycles. The molecular formula is C7H5NO3. The minimum Gasteiger partial charge on any atom is -0.478 e. The Morgan fingerprint density at radius 1 is 1.64 bits per heavy atom. The molecule has 0 spiro atoms. The van der Waals surface area contributed by atoms with E-state index in [-0.39, 0.29) is 11.3 Å². The molecule has 11 heavy (non-hydrogen) atoms. The Bertz CT molecular complexity index is 295. The first-order chi connectivity index (χ1) is 5.24. The number of hydrogen-bond acceptors (Lipinski definition) is 3. The van der Waals surface area contributed by atoms with Crippen molar-refractivity contribution in [1.82, 2.24) is 4.98 Å². The molecule has 0 unspecified atom stereocenters. The molecule has 1 N–H and O–H groups in total. The number of aldehydes is 1. The lowest BCUT2D eigenvalue weighted by Crippen LogP contribution is -1.98. The Kier molecular flexibility index (Phi) is 1.96. The molecule has 1 aromatic rings. The third kappa shape index (κ3) is 1.61. The zero-order valence-electron chi connectivity index (χ0n) is 5.52. The van der Waals surface area contributed by atoms with E-state index < -0.39 is 5.97 Å². The van der Waals surface area contributed by atoms with E-state index in [1.807, 2.05) is 0 Å². The molecule has 0 saturated carbocycles. The SMILES string of the molecule is O=Cc1cc(C(=O)O)ccn1. The van der Waals surface area contributed by atoms with Gasteiger partial charge < -0.3 is 5.11 Å². The Balaban J connectivity index is 3.10. The van der Waals surface area contributed by atoms with E-state index in [0.29, 0.717) is 6.29 Å². The van der Waals surface area contributed by atoms with Crippen molar-refractivity contribution >= 4 is 12.3 Å². The third-order valence-electron chi connectivity index (χ3n) is 1.15. The number of pyridine rings is 1. The summed E-state index contributed by atoms with van der Waals surface area (Å²) in [6, 6.07) is 2.55. The van der Waals surface area contributed by atoms with Gasteiger partial charge in [0, 0.05) is 6.20 Å². The zero-order chi connectivity index (χ0) is 8.27. The average Bonchev–Trinajstić information content (AvgIpc) is 2.05. The maximum atomic E-state index is 10.3. The van der Waals surface area contributed by atoms with E-state index in [1.165, 1.54) is 18.3 Å². The smallest absolute Gasteiger partial charge is 0.335 e. The molecule has 4 nitrogen and oxygen atoms in total. The Morgan fingerprint density at radius 2 is 2.36 bits per heavy atom. The zero-order valence-corrected chi connectivity index (χ0v) is 5.52. The number of carbonyl (C=O) groups is 2. The van der Waals surface area contributed by atoms with E-state index in [1.54, 1.807) is 0 Å². The van der Waals surface area contributed by atoms with Crippen LogP contribution in [0.15, 0.2) is 18.3 Å². The molecule has 0 atom stereocenters. The number of hydrogen-bond donors (Lipinski definition) is 1. The summed E-state index contributed by atoms with van der Waals surface area (Å²) >= 11 is 0. The van der Waals surface area contributed by atoms with Gasteiger partial charge in [-0.05, 0) is 12.1 Å². The highest BCUT2D eigenvalue weighted by Crippen LogP contribution is 1.98. The molecule has 0 amide bonds. The highest BCUT2D eigenvalue weighted by atomic mass is 16.4. The second-order valence-electron chi connectivity index (χ2n) is 1.89. The summed E-state index contributed by atoms with van der Waals surface area (Å²) in [6.07, 6.45) is 1.79. The highest BCUT2D eigenvalue weighted by Gasteiger charge is 2.02. The van der Waals surface area contributed by atoms with Gasteiger partial charge in [0.05, 0.1) is 5.56 Å². The molecule has 56 valence electrons. The quantitative estimate of drug-likeness (QED) is 0.628. The lowest BCUT2D eigenvalue weighted by atomic mass is 10.2. The van der Waals surface area contributed by atoms with Gasteiger partial charge in [0.2, 0.25) is 0 Å². The first kappa shape index (κ1) is 7.40. The predicted molar refractivity (Wildman–Crippen MR) is 36.6 cm³/mol. The molecule has 0 aromatic carbocycles. The van der Waals surface area contributed by atoms with E-state index in [4.69, 9.17) is 5.11 Å². The number of rotatable bonds is 2. The van der Waals surface area contributed by atoms with Gasteiger partial charge in [-0.1, -0.05) is 0 Å². The van der Waals surface area contributed by atoms with Gasteiger partial charge >= 0.3 is 5.97 Å². The van der Waals surface area contributed by atoms with Crippen molar-refractivity contribution < 1.29 is 14.7 Å². The minimum atomic E-state index is -1.06. The van der Waals surface area contributed by atoms with Crippen molar-refractivity contribution in [3.05, 3.63) is 29.6 Å². The van der Waals surface area contributed by atoms with Crippen LogP contribution in [0.25, 0.3) is 0 Å². The van der Waals surface area contributed by atoms with Crippen LogP contribution in [0.3, 0.4) is 0 Å². The molecule has 0 radical (unpaired) electrons. The van der Waals surface area contributed by atoms with Crippen molar-refractivity contribution in [2.24, 2.45) is 0 Å². The standard InChI is InChI=1S/C7H5NO3/c9-4-6-3-5(7(10)11)1-2-8-6/h1-4H,(H,10,11). The number of aromatic carboxylic acids is 1. The molecular weight excluding hydrogens is 146 g/mol. The maximum Gasteiger partial charge on any atom is 0.335 e. The highest BCUT2D eigenvalue weighted by molar-refractivity contribution is 5.89. The Labute approximate surface area is 62.5 Å². The molecule has 0 aliphatic carbocycles. The summed E-state index contributed by atoms with van der Waals surface area (Å²) < 4.78 is 0. The number of nitrogens with zero attached hydrogens (tertiary/aromatic N) is 1. The van der Waals surface area contributed by atoms with Crippen LogP contribution in [0.5, 0.6) is 0 Å². The van der Waals surface area contributed by atoms with E-state index in [2.05, 4.69) is 4.98 Å². The largest absolute Gasteiger partial charge is 0.478 e. The second kappa shape index (κ2) is 2.92. The summed E-state index contributed by atoms with van der Waals surface area (Å²) in [4.78, 5) is 24.1. The first-order valence-corrected chi connectivity index (χ1v) is 2.88. The summed E-state index contributed by atoms with van der Waals surface area (Å²) in [5.74, 6) is -1.06. The number of aromatic nitrogens is 1. The van der Waals surface area contributed by atoms with Crippen LogP contribution in [0.2, 0.25) is 0 Å². The molecule has 1 heterocycles. The van der Waals surface area contributed by atoms with E-state index >= 15 is 0 Å². The average molecular weight is 151 g/mol. The topological polar surface area (TPSA) is 67.3 Å². The summed E-state index contributed by atoms with van der Waals surface area (Å²) in [5, 5.41) is 8.46. The van der Waals surface area contributed by atoms with Crippen LogP contribution in [-0.2, 0) is 0 Å². The van der Waals surface area contributed by atoms with Gasteiger partial charge in [0.15, 0.2) is 6.29 Å². The molecule has 1 rings (SSSR count). The Morgan fingerprint density at radius 3 is 2.91 bits per heavy atom. The fraction of sp³-hybridized carbons (Fsp3) is 0. The van der Waals surface area contributed by atoms with Crippen LogP contribution in [0.4, 0.5) is 0 Å². The van der Waals surface area contributed by atoms with Gasteiger partial charge in [-0.2, -0.15) is 0 Å². The summed E-state index contributed by atoms with van der Waals surface area (Å²) in [7, 11) is 0. The molecule has 1 aromatic heterocycles. The van der Waals surface area contributed by atoms with Gasteiger partial charge in [-0.15, -0.1) is 0 Å². The van der Waals surface area contributed by atoms with Crippen molar-refractivity contribution in [3.8, 4) is 0 Å². The van der Waals surface area contributed by atoms with Crippen LogP contribution in [0, 0.1) is 0 Å². The molecule has 0 aliphatic rings. The fourth-order valence-electron chi connectivity index (χ4n) is 0.646. The lowest BCUT2D eigenvalue weighted by Gasteiger charge is -1.92. The van der Waals surface area contributed by atoms with Gasteiger partial charge in [0.1, 0.15) is 5.69 Å². The van der Waals surface area contributed by atoms with Crippen molar-refractivity contribution in [2.45, 2.75) is 0 Å². The normalized spacial score (nSPS) is 9.09. The van der Waals surface area contributed by atoms with E-state index in [9.17, 15) is 9.59 Å². The minimum absolute atomic E-state index is 0.0714. The van der Waals surface area contributed by atoms with Crippen LogP contribution in [-0.4, -0.2) is 22.3 Å². The third-order valence-corrected chi connectivity index (χ3v) is 1.15. The van der Waals surface area contributed by atoms with Gasteiger partial charge in [-0.3, -0.25) is 9.78 Å². The van der Waals surface area contributed by atoms with Crippen LogP contribution < -0.4 is 0 Å². The van der Waals surface area contributed by atoms with Crippen molar-refractivity contribution in [3.63, 3.8) is 0 Å². The van der Waals surface area contributed by atoms with Crippen molar-refractivity contribution in [1.29, 1.82) is 0 Å². The maximum absolute atomic E-state index is 10.3. The monoisotopic (exact) mass is 151 g/mol. The van der Waals surface area contributed by atoms with Crippen LogP contribution >= 0.6 is 0 Å². The van der Waals surface area contributed by atoms with Gasteiger partial charge in [0.25, 0.3) is 0 Å². The Hall–Kier alpha value is -1.71. The molecule has 0 saturated heterocycles. The van der Waals surface area contributed by atoms with Gasteiger partial charge in [-0.25, -0.2) is 4.79 Å². The number of carboxylic acids is 1. The number of carbonyl (C=O) groups excluding carboxylic acids is 1. The molecule has 0 fully saturated rings. The fourth-order valence-corrected chi connectivity index (χ4v) is 0.646.